The zero-order valence-corrected chi connectivity index (χ0v) is 14.2. The van der Waals surface area contributed by atoms with Gasteiger partial charge in [-0.3, -0.25) is 4.79 Å². The molecule has 0 unspecified atom stereocenters. The molecule has 0 saturated carbocycles. The minimum atomic E-state index is -0.397. The summed E-state index contributed by atoms with van der Waals surface area (Å²) in [6.45, 7) is 3.66. The van der Waals surface area contributed by atoms with E-state index in [-0.39, 0.29) is 5.91 Å². The van der Waals surface area contributed by atoms with Crippen LogP contribution < -0.4 is 4.90 Å². The molecule has 0 bridgehead atoms. The van der Waals surface area contributed by atoms with Crippen LogP contribution in [0.2, 0.25) is 0 Å². The SMILES string of the molecule is Cc1ncnc(N2CCN(C(=O)c3onc4c3CCCC4)CC2)c1F. The molecule has 2 aromatic rings. The van der Waals surface area contributed by atoms with E-state index in [4.69, 9.17) is 4.52 Å². The Balaban J connectivity index is 1.46. The van der Waals surface area contributed by atoms with Crippen LogP contribution in [0.1, 0.15) is 40.3 Å². The zero-order valence-electron chi connectivity index (χ0n) is 14.2. The maximum atomic E-state index is 14.2. The standard InChI is InChI=1S/C17H20FN5O2/c1-11-14(18)16(20-10-19-11)22-6-8-23(9-7-22)17(24)15-12-4-2-3-5-13(12)21-25-15/h10H,2-9H2,1H3. The van der Waals surface area contributed by atoms with Crippen LogP contribution in [0.4, 0.5) is 10.2 Å². The van der Waals surface area contributed by atoms with Gasteiger partial charge < -0.3 is 14.3 Å². The number of carbonyl (C=O) groups excluding carboxylic acids is 1. The molecular formula is C17H20FN5O2. The monoisotopic (exact) mass is 345 g/mol. The number of amides is 1. The lowest BCUT2D eigenvalue weighted by atomic mass is 9.96. The number of nitrogens with zero attached hydrogens (tertiary/aromatic N) is 5. The molecule has 1 aliphatic heterocycles. The maximum absolute atomic E-state index is 14.2. The summed E-state index contributed by atoms with van der Waals surface area (Å²) in [5.41, 5.74) is 2.22. The molecule has 2 aromatic heterocycles. The van der Waals surface area contributed by atoms with Gasteiger partial charge in [0.1, 0.15) is 6.33 Å². The average molecular weight is 345 g/mol. The van der Waals surface area contributed by atoms with Gasteiger partial charge in [-0.05, 0) is 32.6 Å². The van der Waals surface area contributed by atoms with Gasteiger partial charge in [0, 0.05) is 31.7 Å². The van der Waals surface area contributed by atoms with E-state index in [9.17, 15) is 9.18 Å². The maximum Gasteiger partial charge on any atom is 0.292 e. The Kier molecular flexibility index (Phi) is 4.10. The first-order valence-electron chi connectivity index (χ1n) is 8.64. The molecule has 132 valence electrons. The van der Waals surface area contributed by atoms with Crippen molar-refractivity contribution in [3.63, 3.8) is 0 Å². The van der Waals surface area contributed by atoms with Crippen molar-refractivity contribution in [1.82, 2.24) is 20.0 Å². The Morgan fingerprint density at radius 2 is 1.92 bits per heavy atom. The first-order chi connectivity index (χ1) is 12.1. The number of carbonyl (C=O) groups is 1. The van der Waals surface area contributed by atoms with Crippen LogP contribution >= 0.6 is 0 Å². The predicted molar refractivity (Wildman–Crippen MR) is 88.0 cm³/mol. The molecule has 0 radical (unpaired) electrons. The van der Waals surface area contributed by atoms with Crippen LogP contribution in [0.5, 0.6) is 0 Å². The molecule has 2 aliphatic rings. The summed E-state index contributed by atoms with van der Waals surface area (Å²) in [5.74, 6) is 0.171. The summed E-state index contributed by atoms with van der Waals surface area (Å²) in [5, 5.41) is 4.06. The van der Waals surface area contributed by atoms with Gasteiger partial charge >= 0.3 is 0 Å². The van der Waals surface area contributed by atoms with Gasteiger partial charge in [-0.1, -0.05) is 5.16 Å². The van der Waals surface area contributed by atoms with Crippen molar-refractivity contribution in [2.24, 2.45) is 0 Å². The first kappa shape index (κ1) is 16.0. The Hall–Kier alpha value is -2.51. The van der Waals surface area contributed by atoms with Crippen LogP contribution in [-0.4, -0.2) is 52.1 Å². The number of piperazine rings is 1. The molecule has 0 atom stereocenters. The second kappa shape index (κ2) is 6.42. The van der Waals surface area contributed by atoms with Crippen molar-refractivity contribution < 1.29 is 13.7 Å². The van der Waals surface area contributed by atoms with Crippen LogP contribution in [-0.2, 0) is 12.8 Å². The van der Waals surface area contributed by atoms with Gasteiger partial charge in [-0.2, -0.15) is 0 Å². The van der Waals surface area contributed by atoms with Gasteiger partial charge in [0.25, 0.3) is 5.91 Å². The smallest absolute Gasteiger partial charge is 0.292 e. The van der Waals surface area contributed by atoms with Crippen molar-refractivity contribution >= 4 is 11.7 Å². The Morgan fingerprint density at radius 3 is 2.72 bits per heavy atom. The fraction of sp³-hybridized carbons (Fsp3) is 0.529. The fourth-order valence-corrected chi connectivity index (χ4v) is 3.49. The third-order valence-corrected chi connectivity index (χ3v) is 4.97. The van der Waals surface area contributed by atoms with Crippen molar-refractivity contribution in [2.45, 2.75) is 32.6 Å². The summed E-state index contributed by atoms with van der Waals surface area (Å²) in [4.78, 5) is 24.3. The Labute approximate surface area is 144 Å². The summed E-state index contributed by atoms with van der Waals surface area (Å²) in [7, 11) is 0. The molecule has 1 saturated heterocycles. The molecule has 25 heavy (non-hydrogen) atoms. The van der Waals surface area contributed by atoms with E-state index < -0.39 is 5.82 Å². The average Bonchev–Trinajstić information content (AvgIpc) is 3.08. The second-order valence-electron chi connectivity index (χ2n) is 6.52. The molecule has 1 aliphatic carbocycles. The van der Waals surface area contributed by atoms with Crippen LogP contribution in [0.15, 0.2) is 10.9 Å². The highest BCUT2D eigenvalue weighted by Crippen LogP contribution is 2.26. The van der Waals surface area contributed by atoms with Gasteiger partial charge in [0.2, 0.25) is 5.76 Å². The first-order valence-corrected chi connectivity index (χ1v) is 8.64. The van der Waals surface area contributed by atoms with E-state index in [1.807, 2.05) is 4.90 Å². The number of hydrogen-bond acceptors (Lipinski definition) is 6. The van der Waals surface area contributed by atoms with Gasteiger partial charge in [0.05, 0.1) is 11.4 Å². The second-order valence-corrected chi connectivity index (χ2v) is 6.52. The van der Waals surface area contributed by atoms with Gasteiger partial charge in [0.15, 0.2) is 11.6 Å². The number of hydrogen-bond donors (Lipinski definition) is 0. The fourth-order valence-electron chi connectivity index (χ4n) is 3.49. The lowest BCUT2D eigenvalue weighted by Gasteiger charge is -2.35. The molecule has 1 fully saturated rings. The van der Waals surface area contributed by atoms with Gasteiger partial charge in [-0.25, -0.2) is 14.4 Å². The number of anilines is 1. The highest BCUT2D eigenvalue weighted by Gasteiger charge is 2.30. The number of fused-ring (bicyclic) bond motifs is 1. The summed E-state index contributed by atoms with van der Waals surface area (Å²) in [6.07, 6.45) is 5.26. The molecule has 0 aromatic carbocycles. The topological polar surface area (TPSA) is 75.4 Å². The van der Waals surface area contributed by atoms with E-state index in [2.05, 4.69) is 15.1 Å². The van der Waals surface area contributed by atoms with Crippen molar-refractivity contribution in [1.29, 1.82) is 0 Å². The van der Waals surface area contributed by atoms with E-state index in [0.717, 1.165) is 36.9 Å². The van der Waals surface area contributed by atoms with E-state index in [0.29, 0.717) is 43.5 Å². The molecule has 8 heteroatoms. The summed E-state index contributed by atoms with van der Waals surface area (Å²) >= 11 is 0. The molecular weight excluding hydrogens is 325 g/mol. The van der Waals surface area contributed by atoms with Gasteiger partial charge in [-0.15, -0.1) is 0 Å². The lowest BCUT2D eigenvalue weighted by Crippen LogP contribution is -2.49. The number of halogens is 1. The third-order valence-electron chi connectivity index (χ3n) is 4.97. The lowest BCUT2D eigenvalue weighted by molar-refractivity contribution is 0.0703. The highest BCUT2D eigenvalue weighted by molar-refractivity contribution is 5.93. The van der Waals surface area contributed by atoms with Crippen LogP contribution in [0.25, 0.3) is 0 Å². The molecule has 3 heterocycles. The Bertz CT molecular complexity index is 798. The summed E-state index contributed by atoms with van der Waals surface area (Å²) in [6, 6.07) is 0. The quantitative estimate of drug-likeness (QED) is 0.825. The molecule has 0 N–H and O–H groups in total. The summed E-state index contributed by atoms with van der Waals surface area (Å²) < 4.78 is 19.5. The third kappa shape index (κ3) is 2.85. The number of rotatable bonds is 2. The van der Waals surface area contributed by atoms with Crippen LogP contribution in [0.3, 0.4) is 0 Å². The van der Waals surface area contributed by atoms with E-state index in [1.54, 1.807) is 11.8 Å². The predicted octanol–water partition coefficient (Wildman–Crippen LogP) is 1.75. The molecule has 0 spiro atoms. The number of aryl methyl sites for hydroxylation is 2. The Morgan fingerprint density at radius 1 is 1.16 bits per heavy atom. The minimum absolute atomic E-state index is 0.116. The van der Waals surface area contributed by atoms with E-state index in [1.165, 1.54) is 6.33 Å². The largest absolute Gasteiger partial charge is 0.351 e. The van der Waals surface area contributed by atoms with Crippen molar-refractivity contribution in [3.05, 3.63) is 34.9 Å². The number of aromatic nitrogens is 3. The van der Waals surface area contributed by atoms with Crippen LogP contribution in [0, 0.1) is 12.7 Å². The van der Waals surface area contributed by atoms with E-state index >= 15 is 0 Å². The molecule has 4 rings (SSSR count). The molecule has 7 nitrogen and oxygen atoms in total. The zero-order chi connectivity index (χ0) is 17.4. The molecule has 1 amide bonds. The normalized spacial score (nSPS) is 17.5. The van der Waals surface area contributed by atoms with Crippen molar-refractivity contribution in [2.75, 3.05) is 31.1 Å². The van der Waals surface area contributed by atoms with Crippen molar-refractivity contribution in [3.8, 4) is 0 Å². The highest BCUT2D eigenvalue weighted by atomic mass is 19.1. The minimum Gasteiger partial charge on any atom is -0.351 e.